The molecule has 1 unspecified atom stereocenters. The molecule has 6 heteroatoms. The molecule has 178 valence electrons. The van der Waals surface area contributed by atoms with E-state index in [9.17, 15) is 16.8 Å². The van der Waals surface area contributed by atoms with E-state index in [1.165, 1.54) is 5.57 Å². The lowest BCUT2D eigenvalue weighted by atomic mass is 10.1. The van der Waals surface area contributed by atoms with Crippen LogP contribution in [0.2, 0.25) is 0 Å². The predicted molar refractivity (Wildman–Crippen MR) is 137 cm³/mol. The maximum atomic E-state index is 13.4. The second kappa shape index (κ2) is 12.1. The lowest BCUT2D eigenvalue weighted by Crippen LogP contribution is -2.20. The van der Waals surface area contributed by atoms with Crippen molar-refractivity contribution in [2.45, 2.75) is 62.0 Å². The third kappa shape index (κ3) is 8.45. The van der Waals surface area contributed by atoms with Gasteiger partial charge in [-0.05, 0) is 71.2 Å². The van der Waals surface area contributed by atoms with Gasteiger partial charge < -0.3 is 0 Å². The fourth-order valence-electron chi connectivity index (χ4n) is 3.41. The summed E-state index contributed by atoms with van der Waals surface area (Å²) < 4.78 is 52.0. The van der Waals surface area contributed by atoms with E-state index >= 15 is 0 Å². The summed E-state index contributed by atoms with van der Waals surface area (Å²) in [5.41, 5.74) is 2.96. The maximum Gasteiger partial charge on any atom is 0.185 e. The number of hydrogen-bond donors (Lipinski definition) is 0. The zero-order valence-electron chi connectivity index (χ0n) is 19.9. The van der Waals surface area contributed by atoms with Crippen LogP contribution >= 0.6 is 0 Å². The van der Waals surface area contributed by atoms with Gasteiger partial charge in [-0.1, -0.05) is 71.3 Å². The van der Waals surface area contributed by atoms with Crippen molar-refractivity contribution >= 4 is 19.7 Å². The number of benzene rings is 2. The zero-order chi connectivity index (χ0) is 24.5. The molecule has 4 nitrogen and oxygen atoms in total. The van der Waals surface area contributed by atoms with Crippen LogP contribution in [0.4, 0.5) is 0 Å². The summed E-state index contributed by atoms with van der Waals surface area (Å²) >= 11 is 0. The molecular weight excluding hydrogens is 452 g/mol. The van der Waals surface area contributed by atoms with Gasteiger partial charge in [-0.25, -0.2) is 16.8 Å². The van der Waals surface area contributed by atoms with Crippen molar-refractivity contribution in [1.82, 2.24) is 0 Å². The van der Waals surface area contributed by atoms with Crippen LogP contribution in [0, 0.1) is 0 Å². The van der Waals surface area contributed by atoms with E-state index in [2.05, 4.69) is 6.08 Å². The number of allylic oxidation sites excluding steroid dienone is 4. The molecule has 0 saturated heterocycles. The molecule has 0 spiro atoms. The van der Waals surface area contributed by atoms with Gasteiger partial charge in [0.1, 0.15) is 0 Å². The Morgan fingerprint density at radius 2 is 1.30 bits per heavy atom. The molecule has 0 aliphatic carbocycles. The highest BCUT2D eigenvalue weighted by Crippen LogP contribution is 2.25. The van der Waals surface area contributed by atoms with Gasteiger partial charge in [0.05, 0.1) is 20.8 Å². The lowest BCUT2D eigenvalue weighted by Gasteiger charge is -2.16. The number of rotatable bonds is 11. The Hall–Kier alpha value is -2.44. The number of sulfone groups is 2. The normalized spacial score (nSPS) is 14.1. The first-order valence-corrected chi connectivity index (χ1v) is 14.3. The third-order valence-corrected chi connectivity index (χ3v) is 8.93. The SMILES string of the molecule is CC(C)=CCCC(C)=CC(CC(C)=CCS(=O)(=O)c1ccccc1)S(=O)(=O)c1ccccc1. The first-order chi connectivity index (χ1) is 15.5. The fraction of sp³-hybridized carbons (Fsp3) is 0.333. The van der Waals surface area contributed by atoms with Crippen LogP contribution in [0.5, 0.6) is 0 Å². The summed E-state index contributed by atoms with van der Waals surface area (Å²) in [4.78, 5) is 0.533. The van der Waals surface area contributed by atoms with Crippen LogP contribution < -0.4 is 0 Å². The Morgan fingerprint density at radius 1 is 0.758 bits per heavy atom. The summed E-state index contributed by atoms with van der Waals surface area (Å²) in [6.45, 7) is 7.82. The molecule has 0 radical (unpaired) electrons. The molecule has 0 fully saturated rings. The van der Waals surface area contributed by atoms with Crippen molar-refractivity contribution in [3.05, 3.63) is 95.6 Å². The maximum absolute atomic E-state index is 13.4. The third-order valence-electron chi connectivity index (χ3n) is 5.31. The smallest absolute Gasteiger partial charge is 0.185 e. The van der Waals surface area contributed by atoms with E-state index in [0.29, 0.717) is 0 Å². The fourth-order valence-corrected chi connectivity index (χ4v) is 6.46. The Morgan fingerprint density at radius 3 is 1.85 bits per heavy atom. The predicted octanol–water partition coefficient (Wildman–Crippen LogP) is 6.33. The molecule has 0 amide bonds. The quantitative estimate of drug-likeness (QED) is 0.348. The van der Waals surface area contributed by atoms with Gasteiger partial charge in [0.15, 0.2) is 19.7 Å². The second-order valence-corrected chi connectivity index (χ2v) is 12.8. The largest absolute Gasteiger partial charge is 0.223 e. The topological polar surface area (TPSA) is 68.3 Å². The summed E-state index contributed by atoms with van der Waals surface area (Å²) in [5, 5.41) is -0.762. The first-order valence-electron chi connectivity index (χ1n) is 11.1. The van der Waals surface area contributed by atoms with Crippen LogP contribution in [0.3, 0.4) is 0 Å². The van der Waals surface area contributed by atoms with Crippen LogP contribution in [0.15, 0.2) is 105 Å². The van der Waals surface area contributed by atoms with Gasteiger partial charge in [0, 0.05) is 0 Å². The van der Waals surface area contributed by atoms with Gasteiger partial charge in [-0.2, -0.15) is 0 Å². The Bertz CT molecular complexity index is 1200. The summed E-state index contributed by atoms with van der Waals surface area (Å²) in [5.74, 6) is -0.162. The molecule has 0 N–H and O–H groups in total. The van der Waals surface area contributed by atoms with Crippen LogP contribution in [0.25, 0.3) is 0 Å². The van der Waals surface area contributed by atoms with Crippen LogP contribution in [-0.4, -0.2) is 27.8 Å². The van der Waals surface area contributed by atoms with Gasteiger partial charge in [0.25, 0.3) is 0 Å². The highest BCUT2D eigenvalue weighted by Gasteiger charge is 2.26. The Balaban J connectivity index is 2.29. The van der Waals surface area contributed by atoms with Crippen molar-refractivity contribution < 1.29 is 16.8 Å². The van der Waals surface area contributed by atoms with Crippen molar-refractivity contribution in [2.75, 3.05) is 5.75 Å². The van der Waals surface area contributed by atoms with Crippen molar-refractivity contribution in [2.24, 2.45) is 0 Å². The molecule has 33 heavy (non-hydrogen) atoms. The van der Waals surface area contributed by atoms with E-state index in [4.69, 9.17) is 0 Å². The molecule has 0 heterocycles. The highest BCUT2D eigenvalue weighted by atomic mass is 32.2. The minimum absolute atomic E-state index is 0.162. The molecule has 2 rings (SSSR count). The average molecular weight is 487 g/mol. The Kier molecular flexibility index (Phi) is 9.87. The van der Waals surface area contributed by atoms with Gasteiger partial charge in [0.2, 0.25) is 0 Å². The van der Waals surface area contributed by atoms with E-state index in [-0.39, 0.29) is 22.0 Å². The molecule has 0 aliphatic rings. The number of hydrogen-bond acceptors (Lipinski definition) is 4. The van der Waals surface area contributed by atoms with Crippen LogP contribution in [-0.2, 0) is 19.7 Å². The van der Waals surface area contributed by atoms with Gasteiger partial charge >= 0.3 is 0 Å². The minimum atomic E-state index is -3.62. The van der Waals surface area contributed by atoms with E-state index in [1.54, 1.807) is 73.7 Å². The summed E-state index contributed by atoms with van der Waals surface area (Å²) in [7, 11) is -7.09. The van der Waals surface area contributed by atoms with Crippen molar-refractivity contribution in [3.8, 4) is 0 Å². The summed E-state index contributed by atoms with van der Waals surface area (Å²) in [6, 6.07) is 16.7. The average Bonchev–Trinajstić information content (AvgIpc) is 2.78. The molecule has 0 bridgehead atoms. The first kappa shape index (κ1) is 26.8. The molecule has 2 aromatic rings. The molecule has 2 aromatic carbocycles. The van der Waals surface area contributed by atoms with E-state index < -0.39 is 24.9 Å². The van der Waals surface area contributed by atoms with E-state index in [1.807, 2.05) is 26.8 Å². The van der Waals surface area contributed by atoms with Crippen molar-refractivity contribution in [3.63, 3.8) is 0 Å². The standard InChI is InChI=1S/C27H34O4S2/c1-22(2)12-11-13-23(3)20-27(33(30,31)26-16-9-6-10-17-26)21-24(4)18-19-32(28,29)25-14-7-5-8-15-25/h5-10,12,14-18,20,27H,11,13,19,21H2,1-4H3. The highest BCUT2D eigenvalue weighted by molar-refractivity contribution is 7.92. The molecule has 1 atom stereocenters. The van der Waals surface area contributed by atoms with E-state index in [0.717, 1.165) is 24.0 Å². The molecule has 0 saturated carbocycles. The minimum Gasteiger partial charge on any atom is -0.223 e. The molecule has 0 aromatic heterocycles. The van der Waals surface area contributed by atoms with Gasteiger partial charge in [-0.3, -0.25) is 0 Å². The van der Waals surface area contributed by atoms with Crippen molar-refractivity contribution in [1.29, 1.82) is 0 Å². The van der Waals surface area contributed by atoms with Gasteiger partial charge in [-0.15, -0.1) is 0 Å². The molecule has 0 aliphatic heterocycles. The monoisotopic (exact) mass is 486 g/mol. The zero-order valence-corrected chi connectivity index (χ0v) is 21.5. The summed E-state index contributed by atoms with van der Waals surface area (Å²) in [6.07, 6.45) is 7.45. The second-order valence-electron chi connectivity index (χ2n) is 8.58. The van der Waals surface area contributed by atoms with Crippen LogP contribution in [0.1, 0.15) is 47.0 Å². The Labute approximate surface area is 199 Å². The molecular formula is C27H34O4S2. The lowest BCUT2D eigenvalue weighted by molar-refractivity contribution is 0.587.